The van der Waals surface area contributed by atoms with Gasteiger partial charge in [0.2, 0.25) is 6.29 Å². The monoisotopic (exact) mass is 156 g/mol. The van der Waals surface area contributed by atoms with Crippen molar-refractivity contribution >= 4 is 5.97 Å². The molecular formula is C7H8O4. The second kappa shape index (κ2) is 2.23. The molecule has 0 aliphatic carbocycles. The van der Waals surface area contributed by atoms with Gasteiger partial charge in [-0.25, -0.2) is 4.79 Å². The fraction of sp³-hybridized carbons (Fsp3) is 0.571. The largest absolute Gasteiger partial charge is 0.472 e. The maximum absolute atomic E-state index is 10.9. The van der Waals surface area contributed by atoms with E-state index in [1.807, 2.05) is 6.08 Å². The van der Waals surface area contributed by atoms with Crippen LogP contribution in [0.1, 0.15) is 0 Å². The Labute approximate surface area is 63.7 Å². The Morgan fingerprint density at radius 1 is 1.64 bits per heavy atom. The Bertz CT molecular complexity index is 210. The average Bonchev–Trinajstić information content (AvgIpc) is 2.32. The molecule has 3 atom stereocenters. The van der Waals surface area contributed by atoms with E-state index < -0.39 is 6.10 Å². The first-order chi connectivity index (χ1) is 5.33. The normalized spacial score (nSPS) is 38.8. The van der Waals surface area contributed by atoms with Crippen molar-refractivity contribution in [2.45, 2.75) is 12.4 Å². The van der Waals surface area contributed by atoms with E-state index in [9.17, 15) is 4.79 Å². The number of methoxy groups -OCH3 is 1. The van der Waals surface area contributed by atoms with Gasteiger partial charge in [0, 0.05) is 0 Å². The van der Waals surface area contributed by atoms with E-state index in [1.165, 1.54) is 7.11 Å². The molecule has 0 radical (unpaired) electrons. The van der Waals surface area contributed by atoms with Gasteiger partial charge in [-0.15, -0.1) is 0 Å². The minimum absolute atomic E-state index is 0.0578. The third-order valence-corrected chi connectivity index (χ3v) is 1.89. The zero-order valence-electron chi connectivity index (χ0n) is 6.02. The van der Waals surface area contributed by atoms with Gasteiger partial charge in [0.05, 0.1) is 19.3 Å². The van der Waals surface area contributed by atoms with Crippen LogP contribution in [0.2, 0.25) is 0 Å². The first-order valence-corrected chi connectivity index (χ1v) is 3.38. The van der Waals surface area contributed by atoms with Gasteiger partial charge in [-0.1, -0.05) is 0 Å². The van der Waals surface area contributed by atoms with Gasteiger partial charge in [-0.3, -0.25) is 0 Å². The molecule has 0 N–H and O–H groups in total. The summed E-state index contributed by atoms with van der Waals surface area (Å²) in [4.78, 5) is 10.9. The number of fused-ring (bicyclic) bond motifs is 1. The zero-order chi connectivity index (χ0) is 7.84. The SMILES string of the molecule is COC(=O)[C@@H]1O[C@H]2OC=C[C@H]21. The highest BCUT2D eigenvalue weighted by Crippen LogP contribution is 2.35. The molecule has 2 heterocycles. The Morgan fingerprint density at radius 3 is 3.09 bits per heavy atom. The molecular weight excluding hydrogens is 148 g/mol. The topological polar surface area (TPSA) is 44.8 Å². The highest BCUT2D eigenvalue weighted by atomic mass is 16.7. The van der Waals surface area contributed by atoms with Gasteiger partial charge in [-0.05, 0) is 6.08 Å². The maximum atomic E-state index is 10.9. The quantitative estimate of drug-likeness (QED) is 0.503. The van der Waals surface area contributed by atoms with Crippen LogP contribution in [0.4, 0.5) is 0 Å². The van der Waals surface area contributed by atoms with Crippen molar-refractivity contribution in [3.8, 4) is 0 Å². The van der Waals surface area contributed by atoms with Crippen LogP contribution >= 0.6 is 0 Å². The van der Waals surface area contributed by atoms with Crippen LogP contribution in [-0.4, -0.2) is 25.5 Å². The lowest BCUT2D eigenvalue weighted by molar-refractivity contribution is -0.256. The van der Waals surface area contributed by atoms with Crippen molar-refractivity contribution in [1.29, 1.82) is 0 Å². The number of carbonyl (C=O) groups excluding carboxylic acids is 1. The van der Waals surface area contributed by atoms with Crippen LogP contribution in [0.25, 0.3) is 0 Å². The van der Waals surface area contributed by atoms with Crippen LogP contribution in [0.15, 0.2) is 12.3 Å². The second-order valence-electron chi connectivity index (χ2n) is 2.49. The number of carbonyl (C=O) groups is 1. The summed E-state index contributed by atoms with van der Waals surface area (Å²) in [5.41, 5.74) is 0. The molecule has 0 spiro atoms. The molecule has 0 aromatic heterocycles. The molecule has 60 valence electrons. The lowest BCUT2D eigenvalue weighted by atomic mass is 9.97. The Hall–Kier alpha value is -1.03. The molecule has 2 rings (SSSR count). The predicted molar refractivity (Wildman–Crippen MR) is 34.4 cm³/mol. The van der Waals surface area contributed by atoms with E-state index in [2.05, 4.69) is 4.74 Å². The highest BCUT2D eigenvalue weighted by Gasteiger charge is 2.49. The first-order valence-electron chi connectivity index (χ1n) is 3.38. The Morgan fingerprint density at radius 2 is 2.45 bits per heavy atom. The number of hydrogen-bond donors (Lipinski definition) is 0. The van der Waals surface area contributed by atoms with Crippen LogP contribution in [0, 0.1) is 5.92 Å². The summed E-state index contributed by atoms with van der Waals surface area (Å²) in [6.07, 6.45) is 2.66. The molecule has 1 fully saturated rings. The molecule has 4 nitrogen and oxygen atoms in total. The van der Waals surface area contributed by atoms with Gasteiger partial charge in [0.25, 0.3) is 0 Å². The van der Waals surface area contributed by atoms with Crippen molar-refractivity contribution in [1.82, 2.24) is 0 Å². The van der Waals surface area contributed by atoms with Crippen LogP contribution in [-0.2, 0) is 19.0 Å². The summed E-state index contributed by atoms with van der Waals surface area (Å²) >= 11 is 0. The first kappa shape index (κ1) is 6.67. The number of ether oxygens (including phenoxy) is 3. The van der Waals surface area contributed by atoms with E-state index in [1.54, 1.807) is 6.26 Å². The van der Waals surface area contributed by atoms with Gasteiger partial charge in [-0.2, -0.15) is 0 Å². The summed E-state index contributed by atoms with van der Waals surface area (Å²) in [6.45, 7) is 0. The van der Waals surface area contributed by atoms with Gasteiger partial charge in [0.1, 0.15) is 0 Å². The minimum Gasteiger partial charge on any atom is -0.472 e. The smallest absolute Gasteiger partial charge is 0.336 e. The summed E-state index contributed by atoms with van der Waals surface area (Å²) in [5.74, 6) is -0.274. The van der Waals surface area contributed by atoms with Gasteiger partial charge < -0.3 is 14.2 Å². The van der Waals surface area contributed by atoms with Gasteiger partial charge in [0.15, 0.2) is 6.10 Å². The molecule has 1 saturated heterocycles. The molecule has 2 aliphatic heterocycles. The number of rotatable bonds is 1. The summed E-state index contributed by atoms with van der Waals surface area (Å²) in [7, 11) is 1.35. The van der Waals surface area contributed by atoms with E-state index in [4.69, 9.17) is 9.47 Å². The van der Waals surface area contributed by atoms with Crippen molar-refractivity contribution in [3.63, 3.8) is 0 Å². The number of esters is 1. The predicted octanol–water partition coefficient (Wildman–Crippen LogP) is 0.0444. The van der Waals surface area contributed by atoms with Crippen molar-refractivity contribution < 1.29 is 19.0 Å². The molecule has 0 amide bonds. The van der Waals surface area contributed by atoms with Gasteiger partial charge >= 0.3 is 5.97 Å². The molecule has 0 unspecified atom stereocenters. The molecule has 2 aliphatic rings. The maximum Gasteiger partial charge on any atom is 0.336 e. The fourth-order valence-corrected chi connectivity index (χ4v) is 1.24. The van der Waals surface area contributed by atoms with Crippen LogP contribution in [0.3, 0.4) is 0 Å². The van der Waals surface area contributed by atoms with E-state index in [0.29, 0.717) is 0 Å². The minimum atomic E-state index is -0.455. The lowest BCUT2D eigenvalue weighted by Gasteiger charge is -2.35. The van der Waals surface area contributed by atoms with Crippen LogP contribution < -0.4 is 0 Å². The molecule has 4 heteroatoms. The molecule has 11 heavy (non-hydrogen) atoms. The molecule has 0 aromatic carbocycles. The summed E-state index contributed by atoms with van der Waals surface area (Å²) in [6, 6.07) is 0. The molecule has 0 bridgehead atoms. The van der Waals surface area contributed by atoms with Crippen LogP contribution in [0.5, 0.6) is 0 Å². The summed E-state index contributed by atoms with van der Waals surface area (Å²) in [5, 5.41) is 0. The zero-order valence-corrected chi connectivity index (χ0v) is 6.02. The summed E-state index contributed by atoms with van der Waals surface area (Å²) < 4.78 is 14.5. The van der Waals surface area contributed by atoms with Crippen molar-refractivity contribution in [3.05, 3.63) is 12.3 Å². The fourth-order valence-electron chi connectivity index (χ4n) is 1.24. The van der Waals surface area contributed by atoms with E-state index >= 15 is 0 Å². The number of hydrogen-bond acceptors (Lipinski definition) is 4. The lowest BCUT2D eigenvalue weighted by Crippen LogP contribution is -2.51. The highest BCUT2D eigenvalue weighted by molar-refractivity contribution is 5.76. The standard InChI is InChI=1S/C7H8O4/c1-9-6(8)5-4-2-3-10-7(4)11-5/h2-5,7H,1H3/t4-,5+,7+/m0/s1. The Kier molecular flexibility index (Phi) is 1.35. The van der Waals surface area contributed by atoms with E-state index in [0.717, 1.165) is 0 Å². The third kappa shape index (κ3) is 0.826. The molecule has 0 saturated carbocycles. The van der Waals surface area contributed by atoms with Crippen molar-refractivity contribution in [2.75, 3.05) is 7.11 Å². The second-order valence-corrected chi connectivity index (χ2v) is 2.49. The Balaban J connectivity index is 1.99. The molecule has 0 aromatic rings. The average molecular weight is 156 g/mol. The van der Waals surface area contributed by atoms with Crippen molar-refractivity contribution in [2.24, 2.45) is 5.92 Å². The van der Waals surface area contributed by atoms with E-state index in [-0.39, 0.29) is 18.2 Å². The third-order valence-electron chi connectivity index (χ3n) is 1.89.